The summed E-state index contributed by atoms with van der Waals surface area (Å²) in [6, 6.07) is 15.9. The number of aromatic carboxylic acids is 1. The molecule has 176 valence electrons. The number of benzene rings is 2. The zero-order chi connectivity index (χ0) is 24.5. The van der Waals surface area contributed by atoms with Crippen LogP contribution in [-0.4, -0.2) is 36.3 Å². The summed E-state index contributed by atoms with van der Waals surface area (Å²) >= 11 is 1.58. The van der Waals surface area contributed by atoms with E-state index in [9.17, 15) is 14.7 Å². The van der Waals surface area contributed by atoms with E-state index in [0.29, 0.717) is 24.2 Å². The number of nitrogens with one attached hydrogen (secondary N) is 1. The second kappa shape index (κ2) is 9.27. The minimum absolute atomic E-state index is 0.196. The molecule has 2 N–H and O–H groups in total. The summed E-state index contributed by atoms with van der Waals surface area (Å²) in [6.07, 6.45) is 2.97. The molecule has 0 fully saturated rings. The maximum Gasteiger partial charge on any atom is 0.341 e. The number of hydrogen-bond donors (Lipinski definition) is 2. The highest BCUT2D eigenvalue weighted by Gasteiger charge is 2.21. The quantitative estimate of drug-likeness (QED) is 0.343. The molecule has 35 heavy (non-hydrogen) atoms. The lowest BCUT2D eigenvalue weighted by Crippen LogP contribution is -2.19. The Morgan fingerprint density at radius 1 is 1.06 bits per heavy atom. The van der Waals surface area contributed by atoms with Gasteiger partial charge in [-0.05, 0) is 40.3 Å². The summed E-state index contributed by atoms with van der Waals surface area (Å²) in [6.45, 7) is 4.52. The number of H-pyrrole nitrogens is 1. The van der Waals surface area contributed by atoms with Crippen LogP contribution in [-0.2, 0) is 19.4 Å². The molecule has 0 spiro atoms. The van der Waals surface area contributed by atoms with E-state index < -0.39 is 11.4 Å². The maximum absolute atomic E-state index is 13.0. The number of aromatic amines is 1. The van der Waals surface area contributed by atoms with Gasteiger partial charge in [-0.25, -0.2) is 4.79 Å². The number of thiophene rings is 1. The van der Waals surface area contributed by atoms with Gasteiger partial charge in [-0.2, -0.15) is 5.21 Å². The molecule has 2 aromatic carbocycles. The highest BCUT2D eigenvalue weighted by molar-refractivity contribution is 7.18. The molecular formula is C26H23N5O3S. The Bertz CT molecular complexity index is 1580. The molecule has 0 amide bonds. The maximum atomic E-state index is 13.0. The average molecular weight is 486 g/mol. The number of aryl methyl sites for hydroxylation is 2. The van der Waals surface area contributed by atoms with Crippen molar-refractivity contribution in [3.05, 3.63) is 86.5 Å². The summed E-state index contributed by atoms with van der Waals surface area (Å²) in [4.78, 5) is 26.8. The molecule has 3 aromatic heterocycles. The van der Waals surface area contributed by atoms with Crippen molar-refractivity contribution in [1.82, 2.24) is 25.2 Å². The van der Waals surface area contributed by atoms with E-state index in [4.69, 9.17) is 0 Å². The summed E-state index contributed by atoms with van der Waals surface area (Å²) in [5.41, 5.74) is 4.23. The van der Waals surface area contributed by atoms with Gasteiger partial charge in [-0.3, -0.25) is 4.79 Å². The number of nitrogens with zero attached hydrogens (tertiary/aromatic N) is 4. The zero-order valence-corrected chi connectivity index (χ0v) is 20.1. The van der Waals surface area contributed by atoms with Crippen LogP contribution in [0.3, 0.4) is 0 Å². The SMILES string of the molecule is CCc1sc2c(c1CC)c(=O)c(C(=O)O)cn2Cc1ccc(-c2ccccc2-c2nn[nH]n2)cc1. The van der Waals surface area contributed by atoms with Gasteiger partial charge >= 0.3 is 5.97 Å². The second-order valence-corrected chi connectivity index (χ2v) is 9.26. The lowest BCUT2D eigenvalue weighted by molar-refractivity contribution is 0.0695. The minimum atomic E-state index is -1.20. The first-order valence-electron chi connectivity index (χ1n) is 11.3. The van der Waals surface area contributed by atoms with Crippen LogP contribution in [0.2, 0.25) is 0 Å². The lowest BCUT2D eigenvalue weighted by atomic mass is 9.98. The van der Waals surface area contributed by atoms with E-state index in [1.807, 2.05) is 60.0 Å². The molecule has 3 heterocycles. The van der Waals surface area contributed by atoms with Crippen LogP contribution >= 0.6 is 11.3 Å². The van der Waals surface area contributed by atoms with Crippen LogP contribution in [0.5, 0.6) is 0 Å². The number of hydrogen-bond acceptors (Lipinski definition) is 6. The first-order chi connectivity index (χ1) is 17.0. The van der Waals surface area contributed by atoms with Crippen LogP contribution < -0.4 is 5.43 Å². The third kappa shape index (κ3) is 4.04. The van der Waals surface area contributed by atoms with Gasteiger partial charge < -0.3 is 9.67 Å². The number of carbonyl (C=O) groups is 1. The van der Waals surface area contributed by atoms with Crippen molar-refractivity contribution in [1.29, 1.82) is 0 Å². The van der Waals surface area contributed by atoms with E-state index in [2.05, 4.69) is 27.5 Å². The largest absolute Gasteiger partial charge is 0.477 e. The molecule has 9 heteroatoms. The average Bonchev–Trinajstić information content (AvgIpc) is 3.54. The second-order valence-electron chi connectivity index (χ2n) is 8.17. The predicted molar refractivity (Wildman–Crippen MR) is 136 cm³/mol. The van der Waals surface area contributed by atoms with E-state index in [-0.39, 0.29) is 5.56 Å². The third-order valence-electron chi connectivity index (χ3n) is 6.13. The fourth-order valence-corrected chi connectivity index (χ4v) is 5.76. The van der Waals surface area contributed by atoms with Gasteiger partial charge in [-0.1, -0.05) is 62.4 Å². The van der Waals surface area contributed by atoms with Gasteiger partial charge in [0, 0.05) is 23.2 Å². The third-order valence-corrected chi connectivity index (χ3v) is 7.54. The number of rotatable bonds is 7. The Labute approximate surface area is 204 Å². The lowest BCUT2D eigenvalue weighted by Gasteiger charge is -2.12. The Balaban J connectivity index is 1.56. The molecule has 5 aromatic rings. The Kier molecular flexibility index (Phi) is 6.00. The van der Waals surface area contributed by atoms with Crippen molar-refractivity contribution in [3.8, 4) is 22.5 Å². The predicted octanol–water partition coefficient (Wildman–Crippen LogP) is 4.78. The number of pyridine rings is 1. The topological polar surface area (TPSA) is 114 Å². The summed E-state index contributed by atoms with van der Waals surface area (Å²) in [5.74, 6) is -0.678. The molecule has 0 aliphatic rings. The molecule has 0 atom stereocenters. The number of carboxylic acids is 1. The minimum Gasteiger partial charge on any atom is -0.477 e. The fourth-order valence-electron chi connectivity index (χ4n) is 4.46. The normalized spacial score (nSPS) is 11.3. The van der Waals surface area contributed by atoms with Gasteiger partial charge in [-0.15, -0.1) is 21.5 Å². The van der Waals surface area contributed by atoms with Gasteiger partial charge in [0.1, 0.15) is 10.4 Å². The Morgan fingerprint density at radius 3 is 2.43 bits per heavy atom. The smallest absolute Gasteiger partial charge is 0.341 e. The monoisotopic (exact) mass is 485 g/mol. The van der Waals surface area contributed by atoms with Crippen LogP contribution in [0.25, 0.3) is 32.7 Å². The van der Waals surface area contributed by atoms with Crippen molar-refractivity contribution in [2.24, 2.45) is 0 Å². The van der Waals surface area contributed by atoms with E-state index >= 15 is 0 Å². The van der Waals surface area contributed by atoms with Crippen molar-refractivity contribution in [3.63, 3.8) is 0 Å². The highest BCUT2D eigenvalue weighted by atomic mass is 32.1. The molecule has 0 bridgehead atoms. The molecule has 8 nitrogen and oxygen atoms in total. The molecule has 0 aliphatic heterocycles. The molecule has 0 aliphatic carbocycles. The first kappa shape index (κ1) is 22.7. The van der Waals surface area contributed by atoms with Crippen LogP contribution in [0.15, 0.2) is 59.5 Å². The summed E-state index contributed by atoms with van der Waals surface area (Å²) < 4.78 is 1.89. The van der Waals surface area contributed by atoms with E-state index in [1.165, 1.54) is 6.20 Å². The molecule has 0 radical (unpaired) electrons. The molecular weight excluding hydrogens is 462 g/mol. The number of fused-ring (bicyclic) bond motifs is 1. The number of carboxylic acid groups (broad SMARTS) is 1. The van der Waals surface area contributed by atoms with Crippen LogP contribution in [0.1, 0.15) is 40.2 Å². The summed E-state index contributed by atoms with van der Waals surface area (Å²) in [5, 5.41) is 24.6. The molecule has 0 unspecified atom stereocenters. The first-order valence-corrected chi connectivity index (χ1v) is 12.2. The van der Waals surface area contributed by atoms with Gasteiger partial charge in [0.2, 0.25) is 11.3 Å². The number of aromatic nitrogens is 5. The van der Waals surface area contributed by atoms with Crippen molar-refractivity contribution in [2.75, 3.05) is 0 Å². The Hall–Kier alpha value is -4.11. The van der Waals surface area contributed by atoms with E-state index in [0.717, 1.165) is 43.9 Å². The Morgan fingerprint density at radius 2 is 1.80 bits per heavy atom. The van der Waals surface area contributed by atoms with Crippen molar-refractivity contribution < 1.29 is 9.90 Å². The molecule has 0 saturated carbocycles. The van der Waals surface area contributed by atoms with Crippen molar-refractivity contribution >= 4 is 27.5 Å². The fraction of sp³-hybridized carbons (Fsp3) is 0.192. The van der Waals surface area contributed by atoms with E-state index in [1.54, 1.807) is 11.3 Å². The standard InChI is InChI=1S/C26H23N5O3S/c1-3-17-21(4-2)35-25-22(17)23(32)20(26(33)34)14-31(25)13-15-9-11-16(12-10-15)18-7-5-6-8-19(18)24-27-29-30-28-24/h5-12,14H,3-4,13H2,1-2H3,(H,33,34)(H,27,28,29,30). The van der Waals surface area contributed by atoms with Crippen molar-refractivity contribution in [2.45, 2.75) is 33.2 Å². The van der Waals surface area contributed by atoms with Crippen LogP contribution in [0.4, 0.5) is 0 Å². The highest BCUT2D eigenvalue weighted by Crippen LogP contribution is 2.32. The molecule has 0 saturated heterocycles. The number of tetrazole rings is 1. The van der Waals surface area contributed by atoms with Crippen LogP contribution in [0, 0.1) is 0 Å². The summed E-state index contributed by atoms with van der Waals surface area (Å²) in [7, 11) is 0. The van der Waals surface area contributed by atoms with Gasteiger partial charge in [0.05, 0.1) is 5.39 Å². The molecule has 5 rings (SSSR count). The van der Waals surface area contributed by atoms with Gasteiger partial charge in [0.15, 0.2) is 0 Å². The van der Waals surface area contributed by atoms with Gasteiger partial charge in [0.25, 0.3) is 0 Å². The zero-order valence-electron chi connectivity index (χ0n) is 19.3.